The lowest BCUT2D eigenvalue weighted by Gasteiger charge is -2.05. The van der Waals surface area contributed by atoms with Crippen LogP contribution >= 0.6 is 15.9 Å². The second-order valence-corrected chi connectivity index (χ2v) is 2.99. The van der Waals surface area contributed by atoms with Gasteiger partial charge in [-0.25, -0.2) is 0 Å². The summed E-state index contributed by atoms with van der Waals surface area (Å²) < 4.78 is 0. The molecule has 12 heavy (non-hydrogen) atoms. The van der Waals surface area contributed by atoms with Gasteiger partial charge in [0.15, 0.2) is 0 Å². The van der Waals surface area contributed by atoms with Crippen molar-refractivity contribution in [3.63, 3.8) is 0 Å². The Bertz CT molecular complexity index is 312. The number of alkyl halides is 1. The van der Waals surface area contributed by atoms with Gasteiger partial charge in [-0.2, -0.15) is 0 Å². The first-order valence-electron chi connectivity index (χ1n) is 3.38. The van der Waals surface area contributed by atoms with Crippen LogP contribution in [0.25, 0.3) is 0 Å². The van der Waals surface area contributed by atoms with Gasteiger partial charge in [0.05, 0.1) is 11.7 Å². The first-order valence-corrected chi connectivity index (χ1v) is 4.50. The lowest BCUT2D eigenvalue weighted by atomic mass is 10.2. The monoisotopic (exact) mass is 228 g/mol. The molecule has 0 aliphatic rings. The summed E-state index contributed by atoms with van der Waals surface area (Å²) in [5.41, 5.74) is 1.60. The van der Waals surface area contributed by atoms with Gasteiger partial charge in [-0.1, -0.05) is 22.0 Å². The number of carbonyl (C=O) groups is 1. The number of aromatic nitrogens is 1. The summed E-state index contributed by atoms with van der Waals surface area (Å²) in [7, 11) is 0. The molecule has 64 valence electrons. The highest BCUT2D eigenvalue weighted by atomic mass is 79.9. The quantitative estimate of drug-likeness (QED) is 0.699. The number of hydrogen-bond acceptors (Lipinski definition) is 3. The third-order valence-corrected chi connectivity index (χ3v) is 2.13. The van der Waals surface area contributed by atoms with E-state index in [0.29, 0.717) is 10.9 Å². The number of halogens is 1. The molecule has 1 heterocycles. The van der Waals surface area contributed by atoms with Gasteiger partial charge in [0.25, 0.3) is 0 Å². The fourth-order valence-electron chi connectivity index (χ4n) is 0.920. The Morgan fingerprint density at radius 2 is 2.42 bits per heavy atom. The molecule has 0 atom stereocenters. The fourth-order valence-corrected chi connectivity index (χ4v) is 1.23. The average molecular weight is 229 g/mol. The Morgan fingerprint density at radius 1 is 1.75 bits per heavy atom. The van der Waals surface area contributed by atoms with E-state index in [9.17, 15) is 9.90 Å². The zero-order valence-corrected chi connectivity index (χ0v) is 8.09. The number of hydrogen-bond donors (Lipinski definition) is 0. The van der Waals surface area contributed by atoms with E-state index < -0.39 is 5.97 Å². The normalized spacial score (nSPS) is 9.83. The van der Waals surface area contributed by atoms with Gasteiger partial charge < -0.3 is 9.90 Å². The van der Waals surface area contributed by atoms with E-state index in [2.05, 4.69) is 20.9 Å². The van der Waals surface area contributed by atoms with E-state index in [1.165, 1.54) is 6.20 Å². The van der Waals surface area contributed by atoms with Crippen LogP contribution in [0.2, 0.25) is 0 Å². The fraction of sp³-hybridized carbons (Fsp3) is 0.250. The molecule has 0 aliphatic heterocycles. The second kappa shape index (κ2) is 3.67. The van der Waals surface area contributed by atoms with Gasteiger partial charge in [-0.3, -0.25) is 4.98 Å². The summed E-state index contributed by atoms with van der Waals surface area (Å²) in [4.78, 5) is 14.2. The molecule has 1 rings (SSSR count). The van der Waals surface area contributed by atoms with Crippen LogP contribution in [-0.4, -0.2) is 11.0 Å². The largest absolute Gasteiger partial charge is 0.543 e. The van der Waals surface area contributed by atoms with Crippen LogP contribution in [0.3, 0.4) is 0 Å². The summed E-state index contributed by atoms with van der Waals surface area (Å²) in [6, 6.07) is 1.77. The van der Waals surface area contributed by atoms with Crippen LogP contribution < -0.4 is 5.11 Å². The molecular weight excluding hydrogens is 222 g/mol. The predicted molar refractivity (Wildman–Crippen MR) is 45.9 cm³/mol. The molecule has 0 amide bonds. The molecule has 1 aromatic heterocycles. The average Bonchev–Trinajstić information content (AvgIpc) is 2.03. The number of pyridine rings is 1. The topological polar surface area (TPSA) is 53.0 Å². The van der Waals surface area contributed by atoms with E-state index in [1.807, 2.05) is 0 Å². The highest BCUT2D eigenvalue weighted by molar-refractivity contribution is 9.08. The molecule has 0 bridgehead atoms. The highest BCUT2D eigenvalue weighted by Crippen LogP contribution is 2.09. The van der Waals surface area contributed by atoms with E-state index in [1.54, 1.807) is 13.0 Å². The SMILES string of the molecule is Cc1cc(CBr)cnc1C(=O)[O-]. The van der Waals surface area contributed by atoms with Gasteiger partial charge in [0, 0.05) is 11.5 Å². The van der Waals surface area contributed by atoms with Crippen LogP contribution in [0.1, 0.15) is 21.6 Å². The third kappa shape index (κ3) is 1.82. The zero-order chi connectivity index (χ0) is 9.14. The molecule has 0 fully saturated rings. The zero-order valence-electron chi connectivity index (χ0n) is 6.50. The molecular formula is C8H7BrNO2-. The van der Waals surface area contributed by atoms with Crippen molar-refractivity contribution in [2.24, 2.45) is 0 Å². The van der Waals surface area contributed by atoms with Crippen LogP contribution in [0, 0.1) is 6.92 Å². The number of carboxylic acids is 1. The summed E-state index contributed by atoms with van der Waals surface area (Å²) in [6.45, 7) is 1.70. The Balaban J connectivity index is 3.12. The number of rotatable bonds is 2. The summed E-state index contributed by atoms with van der Waals surface area (Å²) >= 11 is 3.25. The van der Waals surface area contributed by atoms with Crippen molar-refractivity contribution >= 4 is 21.9 Å². The molecule has 0 unspecified atom stereocenters. The maximum atomic E-state index is 10.4. The van der Waals surface area contributed by atoms with E-state index in [-0.39, 0.29) is 5.69 Å². The van der Waals surface area contributed by atoms with Crippen LogP contribution in [0.4, 0.5) is 0 Å². The minimum Gasteiger partial charge on any atom is -0.543 e. The Kier molecular flexibility index (Phi) is 2.81. The number of carboxylic acid groups (broad SMARTS) is 1. The Labute approximate surface area is 78.6 Å². The van der Waals surface area contributed by atoms with Gasteiger partial charge in [-0.05, 0) is 18.1 Å². The predicted octanol–water partition coefficient (Wildman–Crippen LogP) is 0.648. The highest BCUT2D eigenvalue weighted by Gasteiger charge is 2.01. The van der Waals surface area contributed by atoms with Crippen molar-refractivity contribution in [3.8, 4) is 0 Å². The standard InChI is InChI=1S/C8H8BrNO2/c1-5-2-6(3-9)4-10-7(5)8(11)12/h2,4H,3H2,1H3,(H,11,12)/p-1. The lowest BCUT2D eigenvalue weighted by Crippen LogP contribution is -2.24. The second-order valence-electron chi connectivity index (χ2n) is 2.43. The molecule has 0 spiro atoms. The third-order valence-electron chi connectivity index (χ3n) is 1.48. The first-order chi connectivity index (χ1) is 5.65. The first kappa shape index (κ1) is 9.19. The molecule has 0 aliphatic carbocycles. The number of aryl methyl sites for hydroxylation is 1. The van der Waals surface area contributed by atoms with Gasteiger partial charge >= 0.3 is 0 Å². The smallest absolute Gasteiger partial charge is 0.0902 e. The van der Waals surface area contributed by atoms with Gasteiger partial charge in [0.1, 0.15) is 0 Å². The molecule has 0 saturated carbocycles. The van der Waals surface area contributed by atoms with Crippen molar-refractivity contribution in [3.05, 3.63) is 29.1 Å². The number of aromatic carboxylic acids is 1. The van der Waals surface area contributed by atoms with Gasteiger partial charge in [0.2, 0.25) is 0 Å². The molecule has 1 aromatic rings. The number of nitrogens with zero attached hydrogens (tertiary/aromatic N) is 1. The Hall–Kier alpha value is -0.900. The number of carbonyl (C=O) groups excluding carboxylic acids is 1. The van der Waals surface area contributed by atoms with Crippen molar-refractivity contribution in [2.75, 3.05) is 0 Å². The minimum atomic E-state index is -1.23. The Morgan fingerprint density at radius 3 is 2.83 bits per heavy atom. The maximum Gasteiger partial charge on any atom is 0.0902 e. The van der Waals surface area contributed by atoms with Crippen molar-refractivity contribution in [1.82, 2.24) is 4.98 Å². The van der Waals surface area contributed by atoms with E-state index in [4.69, 9.17) is 0 Å². The minimum absolute atomic E-state index is 0.0136. The molecule has 0 N–H and O–H groups in total. The van der Waals surface area contributed by atoms with E-state index in [0.717, 1.165) is 5.56 Å². The van der Waals surface area contributed by atoms with E-state index >= 15 is 0 Å². The maximum absolute atomic E-state index is 10.4. The lowest BCUT2D eigenvalue weighted by molar-refractivity contribution is -0.255. The van der Waals surface area contributed by atoms with Crippen LogP contribution in [0.5, 0.6) is 0 Å². The molecule has 0 radical (unpaired) electrons. The van der Waals surface area contributed by atoms with Crippen molar-refractivity contribution in [2.45, 2.75) is 12.3 Å². The molecule has 0 saturated heterocycles. The molecule has 4 heteroatoms. The molecule has 0 aromatic carbocycles. The molecule has 3 nitrogen and oxygen atoms in total. The summed E-state index contributed by atoms with van der Waals surface area (Å²) in [5.74, 6) is -1.23. The van der Waals surface area contributed by atoms with Gasteiger partial charge in [-0.15, -0.1) is 0 Å². The van der Waals surface area contributed by atoms with Crippen molar-refractivity contribution < 1.29 is 9.90 Å². The summed E-state index contributed by atoms with van der Waals surface area (Å²) in [5, 5.41) is 11.1. The van der Waals surface area contributed by atoms with Crippen LogP contribution in [0.15, 0.2) is 12.3 Å². The summed E-state index contributed by atoms with van der Waals surface area (Å²) in [6.07, 6.45) is 1.52. The van der Waals surface area contributed by atoms with Crippen molar-refractivity contribution in [1.29, 1.82) is 0 Å². The van der Waals surface area contributed by atoms with Crippen LogP contribution in [-0.2, 0) is 5.33 Å².